The van der Waals surface area contributed by atoms with E-state index in [2.05, 4.69) is 42.6 Å². The smallest absolute Gasteiger partial charge is 0.0603 e. The van der Waals surface area contributed by atoms with Gasteiger partial charge in [0.15, 0.2) is 0 Å². The number of nitrogens with one attached hydrogen (secondary N) is 1. The average molecular weight is 275 g/mol. The molecule has 0 bridgehead atoms. The Kier molecular flexibility index (Phi) is 7.10. The van der Waals surface area contributed by atoms with E-state index in [1.54, 1.807) is 0 Å². The molecule has 2 rings (SSSR count). The van der Waals surface area contributed by atoms with Crippen LogP contribution in [0.2, 0.25) is 0 Å². The fourth-order valence-corrected chi connectivity index (χ4v) is 3.12. The fourth-order valence-electron chi connectivity index (χ4n) is 3.12. The third-order valence-corrected chi connectivity index (χ3v) is 4.37. The van der Waals surface area contributed by atoms with Gasteiger partial charge in [-0.25, -0.2) is 0 Å². The molecule has 112 valence electrons. The third-order valence-electron chi connectivity index (χ3n) is 4.37. The molecule has 1 N–H and O–H groups in total. The molecule has 0 heterocycles. The molecule has 20 heavy (non-hydrogen) atoms. The second-order valence-corrected chi connectivity index (χ2v) is 5.88. The second kappa shape index (κ2) is 9.15. The summed E-state index contributed by atoms with van der Waals surface area (Å²) in [5.74, 6) is 0.807. The minimum Gasteiger partial charge on any atom is -0.378 e. The normalized spacial score (nSPS) is 22.9. The van der Waals surface area contributed by atoms with Gasteiger partial charge in [-0.1, -0.05) is 56.5 Å². The van der Waals surface area contributed by atoms with Crippen LogP contribution >= 0.6 is 0 Å². The van der Waals surface area contributed by atoms with Gasteiger partial charge >= 0.3 is 0 Å². The Morgan fingerprint density at radius 1 is 1.15 bits per heavy atom. The van der Waals surface area contributed by atoms with Crippen molar-refractivity contribution < 1.29 is 4.74 Å². The molecule has 1 aliphatic carbocycles. The van der Waals surface area contributed by atoms with Gasteiger partial charge in [-0.3, -0.25) is 0 Å². The average Bonchev–Trinajstić information content (AvgIpc) is 2.52. The van der Waals surface area contributed by atoms with Gasteiger partial charge in [0.05, 0.1) is 6.10 Å². The van der Waals surface area contributed by atoms with Crippen molar-refractivity contribution in [3.8, 4) is 0 Å². The highest BCUT2D eigenvalue weighted by Crippen LogP contribution is 2.29. The van der Waals surface area contributed by atoms with E-state index >= 15 is 0 Å². The van der Waals surface area contributed by atoms with E-state index in [4.69, 9.17) is 4.74 Å². The van der Waals surface area contributed by atoms with E-state index in [0.29, 0.717) is 6.10 Å². The van der Waals surface area contributed by atoms with Crippen molar-refractivity contribution in [1.29, 1.82) is 0 Å². The maximum atomic E-state index is 6.10. The van der Waals surface area contributed by atoms with Gasteiger partial charge in [0, 0.05) is 13.2 Å². The van der Waals surface area contributed by atoms with Crippen molar-refractivity contribution in [3.63, 3.8) is 0 Å². The topological polar surface area (TPSA) is 21.3 Å². The molecule has 0 radical (unpaired) electrons. The molecule has 2 atom stereocenters. The lowest BCUT2D eigenvalue weighted by Gasteiger charge is -2.30. The second-order valence-electron chi connectivity index (χ2n) is 5.88. The van der Waals surface area contributed by atoms with Crippen LogP contribution in [0.25, 0.3) is 0 Å². The highest BCUT2D eigenvalue weighted by molar-refractivity contribution is 5.14. The van der Waals surface area contributed by atoms with Gasteiger partial charge < -0.3 is 10.1 Å². The molecule has 1 saturated carbocycles. The van der Waals surface area contributed by atoms with Crippen LogP contribution in [0.3, 0.4) is 0 Å². The van der Waals surface area contributed by atoms with Crippen LogP contribution in [0, 0.1) is 5.92 Å². The summed E-state index contributed by atoms with van der Waals surface area (Å²) in [4.78, 5) is 0. The predicted octanol–water partition coefficient (Wildman–Crippen LogP) is 4.15. The minimum atomic E-state index is 0.530. The van der Waals surface area contributed by atoms with Crippen molar-refractivity contribution in [2.75, 3.05) is 13.2 Å². The van der Waals surface area contributed by atoms with Crippen molar-refractivity contribution in [2.24, 2.45) is 5.92 Å². The first-order valence-electron chi connectivity index (χ1n) is 8.26. The van der Waals surface area contributed by atoms with Crippen LogP contribution in [-0.2, 0) is 11.3 Å². The van der Waals surface area contributed by atoms with Gasteiger partial charge in [-0.2, -0.15) is 0 Å². The van der Waals surface area contributed by atoms with Crippen LogP contribution in [-0.4, -0.2) is 19.3 Å². The summed E-state index contributed by atoms with van der Waals surface area (Å²) < 4.78 is 6.10. The van der Waals surface area contributed by atoms with Gasteiger partial charge in [-0.15, -0.1) is 0 Å². The highest BCUT2D eigenvalue weighted by atomic mass is 16.5. The molecule has 2 unspecified atom stereocenters. The van der Waals surface area contributed by atoms with Crippen molar-refractivity contribution in [3.05, 3.63) is 35.9 Å². The Balaban J connectivity index is 1.53. The van der Waals surface area contributed by atoms with Gasteiger partial charge in [0.25, 0.3) is 0 Å². The zero-order chi connectivity index (χ0) is 14.0. The Morgan fingerprint density at radius 2 is 1.95 bits per heavy atom. The van der Waals surface area contributed by atoms with Crippen molar-refractivity contribution in [2.45, 2.75) is 58.1 Å². The summed E-state index contributed by atoms with van der Waals surface area (Å²) in [7, 11) is 0. The van der Waals surface area contributed by atoms with Crippen LogP contribution < -0.4 is 5.32 Å². The molecule has 1 aromatic rings. The lowest BCUT2D eigenvalue weighted by molar-refractivity contribution is -0.0127. The number of rotatable bonds is 8. The summed E-state index contributed by atoms with van der Waals surface area (Å²) in [6.45, 7) is 5.21. The summed E-state index contributed by atoms with van der Waals surface area (Å²) in [6, 6.07) is 10.6. The molecular weight excluding hydrogens is 246 g/mol. The van der Waals surface area contributed by atoms with E-state index in [1.807, 2.05) is 0 Å². The van der Waals surface area contributed by atoms with Crippen molar-refractivity contribution in [1.82, 2.24) is 5.32 Å². The van der Waals surface area contributed by atoms with Crippen LogP contribution in [0.5, 0.6) is 0 Å². The molecule has 1 aromatic carbocycles. The zero-order valence-corrected chi connectivity index (χ0v) is 12.8. The Morgan fingerprint density at radius 3 is 2.75 bits per heavy atom. The molecule has 2 nitrogen and oxygen atoms in total. The number of benzene rings is 1. The number of hydrogen-bond acceptors (Lipinski definition) is 2. The summed E-state index contributed by atoms with van der Waals surface area (Å²) >= 11 is 0. The lowest BCUT2D eigenvalue weighted by atomic mass is 9.85. The Labute approximate surface area is 123 Å². The quantitative estimate of drug-likeness (QED) is 0.720. The maximum Gasteiger partial charge on any atom is 0.0603 e. The predicted molar refractivity (Wildman–Crippen MR) is 84.8 cm³/mol. The molecular formula is C18H29NO. The van der Waals surface area contributed by atoms with Crippen molar-refractivity contribution >= 4 is 0 Å². The zero-order valence-electron chi connectivity index (χ0n) is 12.8. The van der Waals surface area contributed by atoms with Gasteiger partial charge in [0.2, 0.25) is 0 Å². The largest absolute Gasteiger partial charge is 0.378 e. The molecule has 0 aliphatic heterocycles. The van der Waals surface area contributed by atoms with E-state index in [-0.39, 0.29) is 0 Å². The van der Waals surface area contributed by atoms with Gasteiger partial charge in [0.1, 0.15) is 0 Å². The van der Waals surface area contributed by atoms with E-state index in [0.717, 1.165) is 32.0 Å². The Hall–Kier alpha value is -0.860. The molecule has 0 saturated heterocycles. The first-order chi connectivity index (χ1) is 9.90. The molecule has 1 fully saturated rings. The van der Waals surface area contributed by atoms with Crippen LogP contribution in [0.1, 0.15) is 51.0 Å². The molecule has 0 spiro atoms. The molecule has 1 aliphatic rings. The third kappa shape index (κ3) is 5.26. The van der Waals surface area contributed by atoms with Gasteiger partial charge in [-0.05, 0) is 37.3 Å². The lowest BCUT2D eigenvalue weighted by Crippen LogP contribution is -2.28. The Bertz CT molecular complexity index is 352. The van der Waals surface area contributed by atoms with E-state index in [1.165, 1.54) is 37.7 Å². The first kappa shape index (κ1) is 15.5. The van der Waals surface area contributed by atoms with E-state index in [9.17, 15) is 0 Å². The first-order valence-corrected chi connectivity index (χ1v) is 8.26. The molecule has 2 heteroatoms. The minimum absolute atomic E-state index is 0.530. The summed E-state index contributed by atoms with van der Waals surface area (Å²) in [5.41, 5.74) is 1.35. The molecule has 0 aromatic heterocycles. The summed E-state index contributed by atoms with van der Waals surface area (Å²) in [6.07, 6.45) is 8.31. The number of ether oxygens (including phenoxy) is 1. The maximum absolute atomic E-state index is 6.10. The number of hydrogen-bond donors (Lipinski definition) is 1. The van der Waals surface area contributed by atoms with Crippen LogP contribution in [0.4, 0.5) is 0 Å². The summed E-state index contributed by atoms with van der Waals surface area (Å²) in [5, 5.41) is 3.48. The standard InChI is InChI=1S/C18H29NO/c1-2-17-11-6-7-12-18(17)20-14-8-13-19-15-16-9-4-3-5-10-16/h3-5,9-10,17-19H,2,6-8,11-15H2,1H3. The monoisotopic (exact) mass is 275 g/mol. The highest BCUT2D eigenvalue weighted by Gasteiger charge is 2.23. The van der Waals surface area contributed by atoms with Crippen LogP contribution in [0.15, 0.2) is 30.3 Å². The van der Waals surface area contributed by atoms with E-state index < -0.39 is 0 Å². The SMILES string of the molecule is CCC1CCCCC1OCCCNCc1ccccc1. The fraction of sp³-hybridized carbons (Fsp3) is 0.667. The molecule has 0 amide bonds.